The van der Waals surface area contributed by atoms with Gasteiger partial charge in [-0.2, -0.15) is 0 Å². The Bertz CT molecular complexity index is 331. The molecule has 0 aromatic carbocycles. The van der Waals surface area contributed by atoms with Crippen LogP contribution in [0.4, 0.5) is 11.6 Å². The third-order valence-corrected chi connectivity index (χ3v) is 2.35. The number of rotatable bonds is 9. The lowest BCUT2D eigenvalue weighted by atomic mass is 10.3. The monoisotopic (exact) mass is 252 g/mol. The van der Waals surface area contributed by atoms with Crippen molar-refractivity contribution in [3.8, 4) is 0 Å². The zero-order chi connectivity index (χ0) is 13.2. The molecule has 0 amide bonds. The second kappa shape index (κ2) is 8.69. The van der Waals surface area contributed by atoms with Crippen molar-refractivity contribution in [1.29, 1.82) is 0 Å². The van der Waals surface area contributed by atoms with E-state index in [9.17, 15) is 0 Å². The van der Waals surface area contributed by atoms with E-state index in [-0.39, 0.29) is 0 Å². The molecule has 0 radical (unpaired) electrons. The first kappa shape index (κ1) is 14.7. The molecular formula is C13H24N4O. The molecule has 18 heavy (non-hydrogen) atoms. The van der Waals surface area contributed by atoms with Crippen LogP contribution in [0, 0.1) is 0 Å². The number of hydrogen-bond donors (Lipinski definition) is 2. The molecule has 5 heteroatoms. The highest BCUT2D eigenvalue weighted by Gasteiger charge is 1.97. The van der Waals surface area contributed by atoms with Crippen molar-refractivity contribution in [2.45, 2.75) is 39.7 Å². The van der Waals surface area contributed by atoms with E-state index >= 15 is 0 Å². The number of aromatic nitrogens is 2. The molecule has 102 valence electrons. The van der Waals surface area contributed by atoms with E-state index in [1.807, 2.05) is 13.0 Å². The van der Waals surface area contributed by atoms with E-state index in [2.05, 4.69) is 34.4 Å². The van der Waals surface area contributed by atoms with Crippen LogP contribution < -0.4 is 10.6 Å². The lowest BCUT2D eigenvalue weighted by Crippen LogP contribution is -2.08. The molecule has 0 saturated heterocycles. The second-order valence-corrected chi connectivity index (χ2v) is 4.37. The van der Waals surface area contributed by atoms with Crippen molar-refractivity contribution < 1.29 is 4.74 Å². The minimum atomic E-state index is 0.322. The van der Waals surface area contributed by atoms with E-state index in [1.54, 1.807) is 6.33 Å². The summed E-state index contributed by atoms with van der Waals surface area (Å²) in [6.07, 6.45) is 4.04. The van der Waals surface area contributed by atoms with Gasteiger partial charge in [0.2, 0.25) is 0 Å². The Kier molecular flexibility index (Phi) is 7.10. The molecule has 2 N–H and O–H groups in total. The fraction of sp³-hybridized carbons (Fsp3) is 0.692. The van der Waals surface area contributed by atoms with Gasteiger partial charge in [-0.15, -0.1) is 0 Å². The number of nitrogens with one attached hydrogen (secondary N) is 2. The van der Waals surface area contributed by atoms with Crippen LogP contribution in [-0.4, -0.2) is 35.8 Å². The number of anilines is 2. The van der Waals surface area contributed by atoms with Crippen molar-refractivity contribution in [3.05, 3.63) is 12.4 Å². The molecule has 0 aliphatic carbocycles. The third-order valence-electron chi connectivity index (χ3n) is 2.35. The molecular weight excluding hydrogens is 228 g/mol. The van der Waals surface area contributed by atoms with Gasteiger partial charge in [0.05, 0.1) is 6.10 Å². The van der Waals surface area contributed by atoms with Gasteiger partial charge in [0, 0.05) is 25.8 Å². The van der Waals surface area contributed by atoms with Crippen LogP contribution in [0.3, 0.4) is 0 Å². The number of ether oxygens (including phenoxy) is 1. The third kappa shape index (κ3) is 6.39. The summed E-state index contributed by atoms with van der Waals surface area (Å²) in [5, 5.41) is 6.44. The van der Waals surface area contributed by atoms with Gasteiger partial charge in [-0.1, -0.05) is 0 Å². The van der Waals surface area contributed by atoms with Crippen LogP contribution >= 0.6 is 0 Å². The molecule has 1 aromatic rings. The largest absolute Gasteiger partial charge is 0.379 e. The maximum Gasteiger partial charge on any atom is 0.131 e. The van der Waals surface area contributed by atoms with E-state index < -0.39 is 0 Å². The Morgan fingerprint density at radius 1 is 1.17 bits per heavy atom. The molecule has 1 heterocycles. The summed E-state index contributed by atoms with van der Waals surface area (Å²) in [5.74, 6) is 1.73. The highest BCUT2D eigenvalue weighted by atomic mass is 16.5. The number of hydrogen-bond acceptors (Lipinski definition) is 5. The molecule has 1 rings (SSSR count). The predicted molar refractivity (Wildman–Crippen MR) is 75.0 cm³/mol. The van der Waals surface area contributed by atoms with Gasteiger partial charge in [0.15, 0.2) is 0 Å². The van der Waals surface area contributed by atoms with Crippen molar-refractivity contribution in [3.63, 3.8) is 0 Å². The summed E-state index contributed by atoms with van der Waals surface area (Å²) in [6, 6.07) is 1.92. The molecule has 1 aromatic heterocycles. The quantitative estimate of drug-likeness (QED) is 0.661. The molecule has 0 aliphatic rings. The van der Waals surface area contributed by atoms with E-state index in [1.165, 1.54) is 0 Å². The maximum absolute atomic E-state index is 5.48. The van der Waals surface area contributed by atoms with Gasteiger partial charge in [0.1, 0.15) is 18.0 Å². The first-order chi connectivity index (χ1) is 8.72. The van der Waals surface area contributed by atoms with E-state index in [4.69, 9.17) is 4.74 Å². The summed E-state index contributed by atoms with van der Waals surface area (Å²) >= 11 is 0. The Morgan fingerprint density at radius 3 is 2.56 bits per heavy atom. The minimum Gasteiger partial charge on any atom is -0.379 e. The van der Waals surface area contributed by atoms with Gasteiger partial charge in [-0.25, -0.2) is 9.97 Å². The predicted octanol–water partition coefficient (Wildman–Crippen LogP) is 2.53. The molecule has 0 bridgehead atoms. The van der Waals surface area contributed by atoms with Crippen LogP contribution in [0.15, 0.2) is 12.4 Å². The Labute approximate surface area is 109 Å². The highest BCUT2D eigenvalue weighted by Crippen LogP contribution is 2.08. The van der Waals surface area contributed by atoms with Crippen molar-refractivity contribution in [2.24, 2.45) is 0 Å². The first-order valence-corrected chi connectivity index (χ1v) is 6.63. The summed E-state index contributed by atoms with van der Waals surface area (Å²) in [7, 11) is 0. The van der Waals surface area contributed by atoms with Crippen molar-refractivity contribution in [2.75, 3.05) is 30.3 Å². The van der Waals surface area contributed by atoms with E-state index in [0.29, 0.717) is 6.10 Å². The van der Waals surface area contributed by atoms with Crippen LogP contribution in [0.1, 0.15) is 33.6 Å². The fourth-order valence-corrected chi connectivity index (χ4v) is 1.49. The van der Waals surface area contributed by atoms with Crippen LogP contribution in [0.5, 0.6) is 0 Å². The Hall–Kier alpha value is -1.36. The molecule has 0 saturated carbocycles. The molecule has 0 atom stereocenters. The minimum absolute atomic E-state index is 0.322. The zero-order valence-corrected chi connectivity index (χ0v) is 11.6. The summed E-state index contributed by atoms with van der Waals surface area (Å²) < 4.78 is 5.48. The van der Waals surface area contributed by atoms with Crippen LogP contribution in [-0.2, 0) is 4.74 Å². The average Bonchev–Trinajstić information content (AvgIpc) is 2.34. The topological polar surface area (TPSA) is 59.1 Å². The lowest BCUT2D eigenvalue weighted by Gasteiger charge is -2.09. The van der Waals surface area contributed by atoms with Gasteiger partial charge in [-0.3, -0.25) is 0 Å². The smallest absolute Gasteiger partial charge is 0.131 e. The fourth-order valence-electron chi connectivity index (χ4n) is 1.49. The zero-order valence-electron chi connectivity index (χ0n) is 11.6. The number of unbranched alkanes of at least 4 members (excludes halogenated alkanes) is 1. The van der Waals surface area contributed by atoms with Crippen molar-refractivity contribution in [1.82, 2.24) is 9.97 Å². The lowest BCUT2D eigenvalue weighted by molar-refractivity contribution is 0.0765. The molecule has 0 unspecified atom stereocenters. The summed E-state index contributed by atoms with van der Waals surface area (Å²) in [5.41, 5.74) is 0. The molecule has 0 spiro atoms. The second-order valence-electron chi connectivity index (χ2n) is 4.37. The molecule has 0 aliphatic heterocycles. The summed E-state index contributed by atoms with van der Waals surface area (Å²) in [4.78, 5) is 8.30. The highest BCUT2D eigenvalue weighted by molar-refractivity contribution is 5.46. The molecule has 0 fully saturated rings. The van der Waals surface area contributed by atoms with Crippen LogP contribution in [0.2, 0.25) is 0 Å². The van der Waals surface area contributed by atoms with Gasteiger partial charge in [-0.05, 0) is 33.6 Å². The molecule has 5 nitrogen and oxygen atoms in total. The SMILES string of the molecule is CCNc1cc(NCCCCOC(C)C)ncn1. The normalized spacial score (nSPS) is 10.7. The first-order valence-electron chi connectivity index (χ1n) is 6.63. The van der Waals surface area contributed by atoms with Crippen molar-refractivity contribution >= 4 is 11.6 Å². The maximum atomic E-state index is 5.48. The van der Waals surface area contributed by atoms with E-state index in [0.717, 1.165) is 44.2 Å². The van der Waals surface area contributed by atoms with Gasteiger partial charge < -0.3 is 15.4 Å². The van der Waals surface area contributed by atoms with Crippen LogP contribution in [0.25, 0.3) is 0 Å². The van der Waals surface area contributed by atoms with Gasteiger partial charge in [0.25, 0.3) is 0 Å². The summed E-state index contributed by atoms with van der Waals surface area (Å²) in [6.45, 7) is 8.76. The average molecular weight is 252 g/mol. The Balaban J connectivity index is 2.16. The Morgan fingerprint density at radius 2 is 1.89 bits per heavy atom. The number of nitrogens with zero attached hydrogens (tertiary/aromatic N) is 2. The van der Waals surface area contributed by atoms with Gasteiger partial charge >= 0.3 is 0 Å². The standard InChI is InChI=1S/C13H24N4O/c1-4-14-12-9-13(17-10-16-12)15-7-5-6-8-18-11(2)3/h9-11H,4-8H2,1-3H3,(H2,14,15,16,17).